The van der Waals surface area contributed by atoms with E-state index in [-0.39, 0.29) is 5.41 Å². The molecular weight excluding hydrogens is 218 g/mol. The zero-order valence-corrected chi connectivity index (χ0v) is 11.1. The van der Waals surface area contributed by atoms with E-state index in [1.807, 2.05) is 13.8 Å². The van der Waals surface area contributed by atoms with E-state index in [2.05, 4.69) is 19.2 Å². The highest BCUT2D eigenvalue weighted by Crippen LogP contribution is 2.42. The molecule has 2 unspecified atom stereocenters. The fourth-order valence-electron chi connectivity index (χ4n) is 2.26. The third kappa shape index (κ3) is 3.54. The maximum atomic E-state index is 10.5. The van der Waals surface area contributed by atoms with Gasteiger partial charge in [0.2, 0.25) is 0 Å². The van der Waals surface area contributed by atoms with Crippen LogP contribution < -0.4 is 5.32 Å². The summed E-state index contributed by atoms with van der Waals surface area (Å²) in [6, 6.07) is 0.399. The molecular formula is C13H23NO3. The minimum atomic E-state index is -0.885. The van der Waals surface area contributed by atoms with Crippen LogP contribution >= 0.6 is 0 Å². The number of rotatable bonds is 6. The van der Waals surface area contributed by atoms with Gasteiger partial charge in [0.25, 0.3) is 0 Å². The molecule has 4 heteroatoms. The molecule has 1 aliphatic carbocycles. The molecule has 0 heterocycles. The van der Waals surface area contributed by atoms with Gasteiger partial charge in [-0.15, -0.1) is 0 Å². The molecule has 0 radical (unpaired) electrons. The summed E-state index contributed by atoms with van der Waals surface area (Å²) in [7, 11) is 0. The van der Waals surface area contributed by atoms with Crippen LogP contribution in [-0.2, 0) is 9.53 Å². The Morgan fingerprint density at radius 1 is 1.59 bits per heavy atom. The minimum absolute atomic E-state index is 0.125. The lowest BCUT2D eigenvalue weighted by molar-refractivity contribution is -0.131. The highest BCUT2D eigenvalue weighted by Gasteiger charge is 2.48. The van der Waals surface area contributed by atoms with E-state index in [0.29, 0.717) is 18.7 Å². The second-order valence-electron chi connectivity index (χ2n) is 5.26. The first kappa shape index (κ1) is 14.2. The molecule has 1 saturated carbocycles. The van der Waals surface area contributed by atoms with Gasteiger partial charge in [-0.1, -0.05) is 19.4 Å². The van der Waals surface area contributed by atoms with Crippen LogP contribution in [0.4, 0.5) is 0 Å². The smallest absolute Gasteiger partial charge is 0.328 e. The maximum Gasteiger partial charge on any atom is 0.328 e. The molecule has 98 valence electrons. The quantitative estimate of drug-likeness (QED) is 0.696. The van der Waals surface area contributed by atoms with Crippen molar-refractivity contribution in [1.29, 1.82) is 0 Å². The van der Waals surface area contributed by atoms with Gasteiger partial charge in [0.05, 0.1) is 6.10 Å². The fraction of sp³-hybridized carbons (Fsp3) is 0.769. The third-order valence-electron chi connectivity index (χ3n) is 3.54. The van der Waals surface area contributed by atoms with Crippen LogP contribution in [0, 0.1) is 5.41 Å². The Labute approximate surface area is 103 Å². The molecule has 17 heavy (non-hydrogen) atoms. The monoisotopic (exact) mass is 241 g/mol. The second-order valence-corrected chi connectivity index (χ2v) is 5.26. The van der Waals surface area contributed by atoms with Gasteiger partial charge in [-0.2, -0.15) is 0 Å². The summed E-state index contributed by atoms with van der Waals surface area (Å²) >= 11 is 0. The first-order chi connectivity index (χ1) is 7.87. The Hall–Kier alpha value is -0.870. The van der Waals surface area contributed by atoms with Crippen LogP contribution in [-0.4, -0.2) is 36.4 Å². The molecule has 1 rings (SSSR count). The van der Waals surface area contributed by atoms with Crippen molar-refractivity contribution in [1.82, 2.24) is 5.32 Å². The first-order valence-electron chi connectivity index (χ1n) is 6.13. The minimum Gasteiger partial charge on any atom is -0.478 e. The number of carbonyl (C=O) groups is 1. The Bertz CT molecular complexity index is 310. The number of nitrogens with one attached hydrogen (secondary N) is 1. The fourth-order valence-corrected chi connectivity index (χ4v) is 2.26. The van der Waals surface area contributed by atoms with E-state index in [4.69, 9.17) is 9.84 Å². The van der Waals surface area contributed by atoms with E-state index >= 15 is 0 Å². The Morgan fingerprint density at radius 3 is 2.71 bits per heavy atom. The normalized spacial score (nSPS) is 27.6. The summed E-state index contributed by atoms with van der Waals surface area (Å²) in [5, 5.41) is 12.0. The number of carboxylic acids is 1. The van der Waals surface area contributed by atoms with Crippen LogP contribution in [0.5, 0.6) is 0 Å². The number of hydrogen-bond acceptors (Lipinski definition) is 3. The Balaban J connectivity index is 2.38. The average molecular weight is 241 g/mol. The third-order valence-corrected chi connectivity index (χ3v) is 3.54. The number of carboxylic acid groups (broad SMARTS) is 1. The van der Waals surface area contributed by atoms with Crippen molar-refractivity contribution < 1.29 is 14.6 Å². The number of aliphatic carboxylic acids is 1. The zero-order chi connectivity index (χ0) is 13.1. The molecule has 0 bridgehead atoms. The summed E-state index contributed by atoms with van der Waals surface area (Å²) in [6.07, 6.45) is 2.56. The molecule has 2 atom stereocenters. The van der Waals surface area contributed by atoms with Crippen molar-refractivity contribution >= 4 is 5.97 Å². The Kier molecular flexibility index (Phi) is 4.71. The topological polar surface area (TPSA) is 58.6 Å². The predicted molar refractivity (Wildman–Crippen MR) is 67.0 cm³/mol. The maximum absolute atomic E-state index is 10.5. The van der Waals surface area contributed by atoms with Crippen molar-refractivity contribution in [3.8, 4) is 0 Å². The van der Waals surface area contributed by atoms with Crippen LogP contribution in [0.25, 0.3) is 0 Å². The van der Waals surface area contributed by atoms with Gasteiger partial charge in [0, 0.05) is 30.7 Å². The lowest BCUT2D eigenvalue weighted by atomic mass is 9.64. The van der Waals surface area contributed by atoms with Gasteiger partial charge < -0.3 is 15.2 Å². The molecule has 0 spiro atoms. The first-order valence-corrected chi connectivity index (χ1v) is 6.13. The largest absolute Gasteiger partial charge is 0.478 e. The van der Waals surface area contributed by atoms with E-state index in [9.17, 15) is 4.79 Å². The second kappa shape index (κ2) is 5.65. The standard InChI is InChI=1S/C13H23NO3/c1-5-17-11-7-10(13(11,3)4)14-8-9(2)6-12(15)16/h6,10-11,14H,5,7-8H2,1-4H3,(H,15,16). The van der Waals surface area contributed by atoms with Crippen molar-refractivity contribution in [2.75, 3.05) is 13.2 Å². The molecule has 1 fully saturated rings. The highest BCUT2D eigenvalue weighted by molar-refractivity contribution is 5.80. The lowest BCUT2D eigenvalue weighted by Crippen LogP contribution is -2.61. The molecule has 2 N–H and O–H groups in total. The van der Waals surface area contributed by atoms with E-state index in [1.54, 1.807) is 0 Å². The summed E-state index contributed by atoms with van der Waals surface area (Å²) < 4.78 is 5.65. The lowest BCUT2D eigenvalue weighted by Gasteiger charge is -2.52. The van der Waals surface area contributed by atoms with Crippen LogP contribution in [0.2, 0.25) is 0 Å². The molecule has 0 aromatic rings. The van der Waals surface area contributed by atoms with Gasteiger partial charge >= 0.3 is 5.97 Å². The van der Waals surface area contributed by atoms with Gasteiger partial charge in [-0.3, -0.25) is 0 Å². The molecule has 4 nitrogen and oxygen atoms in total. The van der Waals surface area contributed by atoms with Crippen molar-refractivity contribution in [2.24, 2.45) is 5.41 Å². The average Bonchev–Trinajstić information content (AvgIpc) is 2.21. The Morgan fingerprint density at radius 2 is 2.24 bits per heavy atom. The van der Waals surface area contributed by atoms with E-state index < -0.39 is 5.97 Å². The molecule has 0 aromatic carbocycles. The van der Waals surface area contributed by atoms with Crippen LogP contribution in [0.1, 0.15) is 34.1 Å². The van der Waals surface area contributed by atoms with Gasteiger partial charge in [-0.25, -0.2) is 4.79 Å². The highest BCUT2D eigenvalue weighted by atomic mass is 16.5. The van der Waals surface area contributed by atoms with E-state index in [0.717, 1.165) is 18.6 Å². The van der Waals surface area contributed by atoms with Crippen molar-refractivity contribution in [3.63, 3.8) is 0 Å². The summed E-state index contributed by atoms with van der Waals surface area (Å²) in [4.78, 5) is 10.5. The molecule has 0 aromatic heterocycles. The van der Waals surface area contributed by atoms with Gasteiger partial charge in [0.1, 0.15) is 0 Å². The zero-order valence-electron chi connectivity index (χ0n) is 11.1. The molecule has 0 aliphatic heterocycles. The summed E-state index contributed by atoms with van der Waals surface area (Å²) in [5.74, 6) is -0.885. The molecule has 0 saturated heterocycles. The van der Waals surface area contributed by atoms with Crippen molar-refractivity contribution in [2.45, 2.75) is 46.3 Å². The van der Waals surface area contributed by atoms with E-state index in [1.165, 1.54) is 6.08 Å². The van der Waals surface area contributed by atoms with Crippen molar-refractivity contribution in [3.05, 3.63) is 11.6 Å². The number of hydrogen-bond donors (Lipinski definition) is 2. The number of ether oxygens (including phenoxy) is 1. The van der Waals surface area contributed by atoms with Crippen LogP contribution in [0.15, 0.2) is 11.6 Å². The SMILES string of the molecule is CCOC1CC(NCC(C)=CC(=O)O)C1(C)C. The summed E-state index contributed by atoms with van der Waals surface area (Å²) in [6.45, 7) is 9.58. The summed E-state index contributed by atoms with van der Waals surface area (Å²) in [5.41, 5.74) is 0.965. The molecule has 0 amide bonds. The predicted octanol–water partition coefficient (Wildman–Crippen LogP) is 1.81. The molecule has 1 aliphatic rings. The van der Waals surface area contributed by atoms with Gasteiger partial charge in [0.15, 0.2) is 0 Å². The van der Waals surface area contributed by atoms with Crippen LogP contribution in [0.3, 0.4) is 0 Å². The van der Waals surface area contributed by atoms with Gasteiger partial charge in [-0.05, 0) is 20.3 Å².